The Morgan fingerprint density at radius 1 is 1.24 bits per heavy atom. The van der Waals surface area contributed by atoms with Crippen LogP contribution in [0.3, 0.4) is 0 Å². The summed E-state index contributed by atoms with van der Waals surface area (Å²) in [5, 5.41) is 0. The molecule has 21 heavy (non-hydrogen) atoms. The summed E-state index contributed by atoms with van der Waals surface area (Å²) in [6.07, 6.45) is 2.44. The van der Waals surface area contributed by atoms with E-state index in [-0.39, 0.29) is 12.1 Å². The Labute approximate surface area is 124 Å². The fourth-order valence-electron chi connectivity index (χ4n) is 3.78. The summed E-state index contributed by atoms with van der Waals surface area (Å²) in [5.74, 6) is -0.301. The van der Waals surface area contributed by atoms with Crippen LogP contribution >= 0.6 is 0 Å². The van der Waals surface area contributed by atoms with Crippen molar-refractivity contribution >= 4 is 11.5 Å². The molecule has 2 bridgehead atoms. The number of piperidine rings is 1. The van der Waals surface area contributed by atoms with Crippen LogP contribution in [-0.4, -0.2) is 48.3 Å². The Morgan fingerprint density at radius 2 is 1.86 bits per heavy atom. The Bertz CT molecular complexity index is 567. The van der Waals surface area contributed by atoms with Crippen molar-refractivity contribution in [2.75, 3.05) is 7.05 Å². The monoisotopic (exact) mass is 285 g/mol. The lowest BCUT2D eigenvalue weighted by Crippen LogP contribution is -2.47. The summed E-state index contributed by atoms with van der Waals surface area (Å²) in [7, 11) is 2.14. The van der Waals surface area contributed by atoms with Gasteiger partial charge >= 0.3 is 5.97 Å². The summed E-state index contributed by atoms with van der Waals surface area (Å²) in [6, 6.07) is 10.3. The lowest BCUT2D eigenvalue weighted by atomic mass is 9.99. The first-order valence-electron chi connectivity index (χ1n) is 7.48. The van der Waals surface area contributed by atoms with Gasteiger partial charge in [0.25, 0.3) is 0 Å². The second-order valence-corrected chi connectivity index (χ2v) is 6.21. The van der Waals surface area contributed by atoms with Crippen molar-refractivity contribution in [3.05, 3.63) is 42.5 Å². The smallest absolute Gasteiger partial charge is 0.338 e. The van der Waals surface area contributed by atoms with Gasteiger partial charge in [-0.1, -0.05) is 36.9 Å². The largest absolute Gasteiger partial charge is 0.459 e. The number of carbonyl (C=O) groups excluding carboxylic acids is 1. The number of benzene rings is 1. The van der Waals surface area contributed by atoms with Crippen LogP contribution in [0.2, 0.25) is 0 Å². The van der Waals surface area contributed by atoms with Crippen molar-refractivity contribution in [3.8, 4) is 0 Å². The molecule has 3 aliphatic heterocycles. The lowest BCUT2D eigenvalue weighted by Gasteiger charge is -2.37. The van der Waals surface area contributed by atoms with Crippen LogP contribution in [0.15, 0.2) is 36.9 Å². The van der Waals surface area contributed by atoms with Gasteiger partial charge in [-0.25, -0.2) is 4.79 Å². The molecule has 5 atom stereocenters. The summed E-state index contributed by atoms with van der Waals surface area (Å²) in [5.41, 5.74) is 1.26. The van der Waals surface area contributed by atoms with Gasteiger partial charge in [-0.2, -0.15) is 0 Å². The predicted octanol–water partition coefficient (Wildman–Crippen LogP) is 1.86. The quantitative estimate of drug-likeness (QED) is 0.483. The van der Waals surface area contributed by atoms with Gasteiger partial charge in [0.2, 0.25) is 0 Å². The van der Waals surface area contributed by atoms with E-state index in [1.54, 1.807) is 0 Å². The molecule has 1 unspecified atom stereocenters. The topological polar surface area (TPSA) is 42.1 Å². The first kappa shape index (κ1) is 13.0. The number of carbonyl (C=O) groups is 1. The van der Waals surface area contributed by atoms with E-state index in [0.29, 0.717) is 29.9 Å². The van der Waals surface area contributed by atoms with Gasteiger partial charge in [-0.3, -0.25) is 4.90 Å². The normalized spacial score (nSPS) is 36.9. The van der Waals surface area contributed by atoms with Crippen molar-refractivity contribution in [2.45, 2.75) is 43.2 Å². The summed E-state index contributed by atoms with van der Waals surface area (Å²) in [4.78, 5) is 14.6. The molecule has 1 aromatic rings. The zero-order valence-corrected chi connectivity index (χ0v) is 12.1. The fourth-order valence-corrected chi connectivity index (χ4v) is 3.78. The molecule has 0 N–H and O–H groups in total. The van der Waals surface area contributed by atoms with E-state index in [0.717, 1.165) is 18.4 Å². The van der Waals surface area contributed by atoms with Crippen molar-refractivity contribution in [2.24, 2.45) is 0 Å². The molecule has 0 radical (unpaired) electrons. The SMILES string of the molecule is C=C(C(=O)OC1C[C@@H]2[C@@H]3O[C@H]3[C@H](C1)N2C)c1ccccc1. The number of morpholine rings is 1. The molecule has 1 aromatic carbocycles. The highest BCUT2D eigenvalue weighted by Gasteiger charge is 2.62. The van der Waals surface area contributed by atoms with E-state index in [9.17, 15) is 4.79 Å². The number of fused-ring (bicyclic) bond motifs is 5. The number of esters is 1. The molecular weight excluding hydrogens is 266 g/mol. The standard InChI is InChI=1S/C17H19NO3/c1-10(11-6-4-3-5-7-11)17(19)20-12-8-13-15-16(21-15)14(9-12)18(13)2/h3-7,12-16H,1,8-9H2,2H3/t12?,13-,14+,15-,16-/m0/s1. The lowest BCUT2D eigenvalue weighted by molar-refractivity contribution is -0.146. The third-order valence-electron chi connectivity index (χ3n) is 5.02. The third-order valence-corrected chi connectivity index (χ3v) is 5.02. The molecule has 4 heteroatoms. The maximum atomic E-state index is 12.3. The highest BCUT2D eigenvalue weighted by atomic mass is 16.6. The second-order valence-electron chi connectivity index (χ2n) is 6.21. The van der Waals surface area contributed by atoms with Crippen LogP contribution in [0.25, 0.3) is 5.57 Å². The molecule has 3 aliphatic rings. The Hall–Kier alpha value is -1.65. The minimum Gasteiger partial charge on any atom is -0.459 e. The number of hydrogen-bond acceptors (Lipinski definition) is 4. The molecule has 3 saturated heterocycles. The maximum absolute atomic E-state index is 12.3. The van der Waals surface area contributed by atoms with Crippen molar-refractivity contribution in [3.63, 3.8) is 0 Å². The van der Waals surface area contributed by atoms with Gasteiger partial charge in [-0.15, -0.1) is 0 Å². The number of epoxide rings is 1. The van der Waals surface area contributed by atoms with Crippen LogP contribution in [0.5, 0.6) is 0 Å². The van der Waals surface area contributed by atoms with Gasteiger partial charge in [-0.05, 0) is 12.6 Å². The highest BCUT2D eigenvalue weighted by molar-refractivity contribution is 6.15. The minimum absolute atomic E-state index is 0.0134. The van der Waals surface area contributed by atoms with Crippen molar-refractivity contribution in [1.82, 2.24) is 4.90 Å². The van der Waals surface area contributed by atoms with Crippen LogP contribution < -0.4 is 0 Å². The second kappa shape index (κ2) is 4.68. The Kier molecular flexibility index (Phi) is 2.91. The molecule has 0 spiro atoms. The van der Waals surface area contributed by atoms with Gasteiger partial charge < -0.3 is 9.47 Å². The first-order chi connectivity index (χ1) is 10.1. The number of ether oxygens (including phenoxy) is 2. The van der Waals surface area contributed by atoms with E-state index in [4.69, 9.17) is 9.47 Å². The summed E-state index contributed by atoms with van der Waals surface area (Å²) in [6.45, 7) is 3.87. The fraction of sp³-hybridized carbons (Fsp3) is 0.471. The molecule has 3 heterocycles. The first-order valence-corrected chi connectivity index (χ1v) is 7.48. The molecular formula is C17H19NO3. The van der Waals surface area contributed by atoms with Crippen LogP contribution in [0, 0.1) is 0 Å². The van der Waals surface area contributed by atoms with E-state index in [1.165, 1.54) is 0 Å². The average molecular weight is 285 g/mol. The van der Waals surface area contributed by atoms with E-state index in [2.05, 4.69) is 18.5 Å². The maximum Gasteiger partial charge on any atom is 0.338 e. The molecule has 0 aliphatic carbocycles. The highest BCUT2D eigenvalue weighted by Crippen LogP contribution is 2.48. The zero-order valence-electron chi connectivity index (χ0n) is 12.1. The average Bonchev–Trinajstić information content (AvgIpc) is 3.25. The third kappa shape index (κ3) is 2.10. The van der Waals surface area contributed by atoms with Gasteiger partial charge in [0.15, 0.2) is 0 Å². The van der Waals surface area contributed by atoms with E-state index < -0.39 is 0 Å². The van der Waals surface area contributed by atoms with Gasteiger partial charge in [0.1, 0.15) is 18.3 Å². The zero-order chi connectivity index (χ0) is 14.6. The number of rotatable bonds is 3. The van der Waals surface area contributed by atoms with Gasteiger partial charge in [0, 0.05) is 24.9 Å². The van der Waals surface area contributed by atoms with Crippen LogP contribution in [-0.2, 0) is 14.3 Å². The number of nitrogens with zero attached hydrogens (tertiary/aromatic N) is 1. The van der Waals surface area contributed by atoms with Gasteiger partial charge in [0.05, 0.1) is 5.57 Å². The van der Waals surface area contributed by atoms with Crippen molar-refractivity contribution in [1.29, 1.82) is 0 Å². The summed E-state index contributed by atoms with van der Waals surface area (Å²) < 4.78 is 11.3. The number of likely N-dealkylation sites (N-methyl/N-ethyl adjacent to an activating group) is 1. The van der Waals surface area contributed by atoms with E-state index in [1.807, 2.05) is 30.3 Å². The number of hydrogen-bond donors (Lipinski definition) is 0. The molecule has 0 saturated carbocycles. The molecule has 0 amide bonds. The minimum atomic E-state index is -0.301. The molecule has 0 aromatic heterocycles. The van der Waals surface area contributed by atoms with Crippen LogP contribution in [0.4, 0.5) is 0 Å². The van der Waals surface area contributed by atoms with E-state index >= 15 is 0 Å². The molecule has 110 valence electrons. The summed E-state index contributed by atoms with van der Waals surface area (Å²) >= 11 is 0. The van der Waals surface area contributed by atoms with Crippen LogP contribution in [0.1, 0.15) is 18.4 Å². The van der Waals surface area contributed by atoms with Crippen molar-refractivity contribution < 1.29 is 14.3 Å². The Morgan fingerprint density at radius 3 is 2.48 bits per heavy atom. The molecule has 4 nitrogen and oxygen atoms in total. The molecule has 4 rings (SSSR count). The Balaban J connectivity index is 1.41. The predicted molar refractivity (Wildman–Crippen MR) is 78.6 cm³/mol. The molecule has 3 fully saturated rings.